The summed E-state index contributed by atoms with van der Waals surface area (Å²) in [4.78, 5) is 11.5. The molecule has 0 bridgehead atoms. The topological polar surface area (TPSA) is 38.3 Å². The highest BCUT2D eigenvalue weighted by Gasteiger charge is 2.09. The minimum Gasteiger partial charge on any atom is -0.465 e. The Kier molecular flexibility index (Phi) is 5.84. The molecule has 0 saturated heterocycles. The first-order valence-corrected chi connectivity index (χ1v) is 8.45. The lowest BCUT2D eigenvalue weighted by molar-refractivity contribution is 0.0600. The van der Waals surface area contributed by atoms with E-state index in [9.17, 15) is 4.79 Å². The summed E-state index contributed by atoms with van der Waals surface area (Å²) in [6, 6.07) is 11.4. The Hall–Kier alpha value is -0.850. The van der Waals surface area contributed by atoms with E-state index in [0.717, 1.165) is 24.7 Å². The molecule has 0 atom stereocenters. The maximum Gasteiger partial charge on any atom is 0.337 e. The van der Waals surface area contributed by atoms with E-state index in [4.69, 9.17) is 4.74 Å². The third-order valence-electron chi connectivity index (χ3n) is 2.87. The van der Waals surface area contributed by atoms with E-state index in [0.29, 0.717) is 12.1 Å². The molecule has 0 aliphatic carbocycles. The third-order valence-corrected chi connectivity index (χ3v) is 4.76. The van der Waals surface area contributed by atoms with Gasteiger partial charge in [0.05, 0.1) is 12.7 Å². The van der Waals surface area contributed by atoms with E-state index in [1.54, 1.807) is 12.1 Å². The molecular weight excluding hydrogens is 466 g/mol. The van der Waals surface area contributed by atoms with Crippen LogP contribution >= 0.6 is 47.8 Å². The number of hydrogen-bond donors (Lipinski definition) is 1. The zero-order chi connectivity index (χ0) is 15.4. The van der Waals surface area contributed by atoms with Crippen LogP contribution in [0.3, 0.4) is 0 Å². The van der Waals surface area contributed by atoms with Crippen LogP contribution in [-0.4, -0.2) is 13.1 Å². The van der Waals surface area contributed by atoms with Gasteiger partial charge in [-0.15, -0.1) is 0 Å². The fourth-order valence-electron chi connectivity index (χ4n) is 1.76. The Morgan fingerprint density at radius 3 is 2.48 bits per heavy atom. The Morgan fingerprint density at radius 2 is 1.86 bits per heavy atom. The van der Waals surface area contributed by atoms with Crippen molar-refractivity contribution < 1.29 is 9.53 Å². The van der Waals surface area contributed by atoms with Crippen LogP contribution in [0.2, 0.25) is 0 Å². The van der Waals surface area contributed by atoms with Gasteiger partial charge < -0.3 is 10.1 Å². The quantitative estimate of drug-likeness (QED) is 0.601. The van der Waals surface area contributed by atoms with Crippen LogP contribution in [0.15, 0.2) is 49.8 Å². The number of carbonyl (C=O) groups is 1. The van der Waals surface area contributed by atoms with Gasteiger partial charge in [0.25, 0.3) is 0 Å². The second-order valence-electron chi connectivity index (χ2n) is 4.28. The van der Waals surface area contributed by atoms with Crippen LogP contribution in [0.5, 0.6) is 0 Å². The maximum atomic E-state index is 11.5. The summed E-state index contributed by atoms with van der Waals surface area (Å²) in [6.07, 6.45) is 0. The molecule has 110 valence electrons. The number of methoxy groups -OCH3 is 1. The van der Waals surface area contributed by atoms with Gasteiger partial charge in [0, 0.05) is 25.7 Å². The first-order valence-electron chi connectivity index (χ1n) is 6.07. The van der Waals surface area contributed by atoms with Crippen LogP contribution in [0.25, 0.3) is 0 Å². The summed E-state index contributed by atoms with van der Waals surface area (Å²) >= 11 is 10.4. The number of ether oxygens (including phenoxy) is 1. The number of hydrogen-bond acceptors (Lipinski definition) is 3. The second kappa shape index (κ2) is 7.42. The summed E-state index contributed by atoms with van der Waals surface area (Å²) in [5, 5.41) is 3.35. The summed E-state index contributed by atoms with van der Waals surface area (Å²) in [5.74, 6) is -0.342. The fourth-order valence-corrected chi connectivity index (χ4v) is 3.47. The largest absolute Gasteiger partial charge is 0.465 e. The van der Waals surface area contributed by atoms with Gasteiger partial charge in [0.2, 0.25) is 0 Å². The SMILES string of the molecule is COC(=O)c1ccc(CNc2ccc(Br)cc2Br)c(Br)c1. The molecule has 0 aliphatic heterocycles. The molecule has 0 aromatic heterocycles. The molecule has 6 heteroatoms. The van der Waals surface area contributed by atoms with Gasteiger partial charge in [-0.3, -0.25) is 0 Å². The molecule has 2 aromatic rings. The smallest absolute Gasteiger partial charge is 0.337 e. The monoisotopic (exact) mass is 475 g/mol. The van der Waals surface area contributed by atoms with E-state index < -0.39 is 0 Å². The van der Waals surface area contributed by atoms with Crippen molar-refractivity contribution >= 4 is 59.4 Å². The van der Waals surface area contributed by atoms with E-state index in [1.165, 1.54) is 7.11 Å². The fraction of sp³-hybridized carbons (Fsp3) is 0.133. The van der Waals surface area contributed by atoms with Crippen LogP contribution in [-0.2, 0) is 11.3 Å². The molecule has 0 radical (unpaired) electrons. The van der Waals surface area contributed by atoms with Gasteiger partial charge in [-0.1, -0.05) is 37.9 Å². The number of rotatable bonds is 4. The molecule has 2 rings (SSSR count). The third kappa shape index (κ3) is 4.31. The summed E-state index contributed by atoms with van der Waals surface area (Å²) < 4.78 is 7.57. The van der Waals surface area contributed by atoms with Crippen molar-refractivity contribution in [1.82, 2.24) is 0 Å². The molecule has 0 fully saturated rings. The lowest BCUT2D eigenvalue weighted by Crippen LogP contribution is -2.04. The highest BCUT2D eigenvalue weighted by molar-refractivity contribution is 9.11. The van der Waals surface area contributed by atoms with Gasteiger partial charge in [-0.25, -0.2) is 4.79 Å². The molecule has 2 aromatic carbocycles. The Balaban J connectivity index is 2.11. The Labute approximate surface area is 148 Å². The molecule has 0 heterocycles. The summed E-state index contributed by atoms with van der Waals surface area (Å²) in [7, 11) is 1.37. The van der Waals surface area contributed by atoms with Crippen molar-refractivity contribution in [2.24, 2.45) is 0 Å². The lowest BCUT2D eigenvalue weighted by atomic mass is 10.1. The van der Waals surface area contributed by atoms with Crippen molar-refractivity contribution in [3.63, 3.8) is 0 Å². The van der Waals surface area contributed by atoms with Crippen LogP contribution in [0.4, 0.5) is 5.69 Å². The lowest BCUT2D eigenvalue weighted by Gasteiger charge is -2.11. The first-order chi connectivity index (χ1) is 10.0. The van der Waals surface area contributed by atoms with Crippen molar-refractivity contribution in [2.45, 2.75) is 6.54 Å². The number of carbonyl (C=O) groups excluding carboxylic acids is 1. The van der Waals surface area contributed by atoms with Gasteiger partial charge in [-0.05, 0) is 51.8 Å². The van der Waals surface area contributed by atoms with Crippen LogP contribution < -0.4 is 5.32 Å². The maximum absolute atomic E-state index is 11.5. The van der Waals surface area contributed by atoms with Gasteiger partial charge in [-0.2, -0.15) is 0 Å². The predicted molar refractivity (Wildman–Crippen MR) is 94.7 cm³/mol. The number of anilines is 1. The van der Waals surface area contributed by atoms with Crippen molar-refractivity contribution in [3.8, 4) is 0 Å². The van der Waals surface area contributed by atoms with Gasteiger partial charge in [0.15, 0.2) is 0 Å². The van der Waals surface area contributed by atoms with Crippen LogP contribution in [0.1, 0.15) is 15.9 Å². The molecule has 0 aliphatic rings. The first kappa shape index (κ1) is 16.5. The highest BCUT2D eigenvalue weighted by Crippen LogP contribution is 2.27. The second-order valence-corrected chi connectivity index (χ2v) is 6.90. The molecule has 3 nitrogen and oxygen atoms in total. The molecule has 0 saturated carbocycles. The van der Waals surface area contributed by atoms with E-state index in [1.807, 2.05) is 24.3 Å². The van der Waals surface area contributed by atoms with Crippen molar-refractivity contribution in [3.05, 3.63) is 60.9 Å². The molecule has 0 spiro atoms. The normalized spacial score (nSPS) is 10.3. The zero-order valence-corrected chi connectivity index (χ0v) is 15.9. The highest BCUT2D eigenvalue weighted by atomic mass is 79.9. The van der Waals surface area contributed by atoms with E-state index >= 15 is 0 Å². The average molecular weight is 478 g/mol. The summed E-state index contributed by atoms with van der Waals surface area (Å²) in [6.45, 7) is 0.641. The van der Waals surface area contributed by atoms with Crippen molar-refractivity contribution in [1.29, 1.82) is 0 Å². The zero-order valence-electron chi connectivity index (χ0n) is 11.1. The standard InChI is InChI=1S/C15H12Br3NO2/c1-21-15(20)9-2-3-10(12(17)6-9)8-19-14-5-4-11(16)7-13(14)18/h2-7,19H,8H2,1H3. The van der Waals surface area contributed by atoms with Gasteiger partial charge >= 0.3 is 5.97 Å². The minimum atomic E-state index is -0.342. The Bertz CT molecular complexity index is 674. The number of esters is 1. The average Bonchev–Trinajstić information content (AvgIpc) is 2.46. The van der Waals surface area contributed by atoms with E-state index in [-0.39, 0.29) is 5.97 Å². The Morgan fingerprint density at radius 1 is 1.10 bits per heavy atom. The number of benzene rings is 2. The molecule has 0 unspecified atom stereocenters. The molecule has 0 amide bonds. The summed E-state index contributed by atoms with van der Waals surface area (Å²) in [5.41, 5.74) is 2.58. The molecule has 1 N–H and O–H groups in total. The number of nitrogens with one attached hydrogen (secondary N) is 1. The molecular formula is C15H12Br3NO2. The van der Waals surface area contributed by atoms with Gasteiger partial charge in [0.1, 0.15) is 0 Å². The number of halogens is 3. The molecule has 21 heavy (non-hydrogen) atoms. The minimum absolute atomic E-state index is 0.342. The van der Waals surface area contributed by atoms with E-state index in [2.05, 4.69) is 53.1 Å². The van der Waals surface area contributed by atoms with Crippen LogP contribution in [0, 0.1) is 0 Å². The van der Waals surface area contributed by atoms with Crippen molar-refractivity contribution in [2.75, 3.05) is 12.4 Å². The predicted octanol–water partition coefficient (Wildman–Crippen LogP) is 5.37.